The molecule has 2 fully saturated rings. The summed E-state index contributed by atoms with van der Waals surface area (Å²) in [6.45, 7) is 0. The van der Waals surface area contributed by atoms with Gasteiger partial charge in [-0.3, -0.25) is 4.79 Å². The minimum atomic E-state index is -0.403. The molecule has 0 aromatic carbocycles. The Kier molecular flexibility index (Phi) is 3.46. The van der Waals surface area contributed by atoms with Crippen LogP contribution in [0.1, 0.15) is 55.1 Å². The second-order valence-corrected chi connectivity index (χ2v) is 6.13. The first-order valence-electron chi connectivity index (χ1n) is 7.50. The van der Waals surface area contributed by atoms with E-state index in [1.54, 1.807) is 18.0 Å². The van der Waals surface area contributed by atoms with Crippen LogP contribution in [0.2, 0.25) is 0 Å². The summed E-state index contributed by atoms with van der Waals surface area (Å²) < 4.78 is 2.00. The van der Waals surface area contributed by atoms with E-state index in [9.17, 15) is 9.90 Å². The molecule has 110 valence electrons. The van der Waals surface area contributed by atoms with Gasteiger partial charge >= 0.3 is 0 Å². The number of carbonyl (C=O) groups excluding carboxylic acids is 1. The van der Waals surface area contributed by atoms with Gasteiger partial charge in [0.15, 0.2) is 0 Å². The predicted molar refractivity (Wildman–Crippen MR) is 77.5 cm³/mol. The van der Waals surface area contributed by atoms with Crippen molar-refractivity contribution in [2.45, 2.75) is 56.7 Å². The molecule has 3 rings (SSSR count). The Morgan fingerprint density at radius 2 is 2.05 bits per heavy atom. The zero-order chi connectivity index (χ0) is 14.3. The van der Waals surface area contributed by atoms with Gasteiger partial charge in [-0.2, -0.15) is 0 Å². The van der Waals surface area contributed by atoms with Crippen LogP contribution in [-0.2, 0) is 0 Å². The van der Waals surface area contributed by atoms with Crippen molar-refractivity contribution in [1.29, 1.82) is 0 Å². The monoisotopic (exact) mass is 277 g/mol. The van der Waals surface area contributed by atoms with Crippen LogP contribution in [-0.4, -0.2) is 39.7 Å². The van der Waals surface area contributed by atoms with E-state index in [1.165, 1.54) is 0 Å². The standard InChI is InChI=1S/C15H23N3O2/c1-17(12-4-2-3-5-14(12)19)15(20)13-8-10(16)9-18(13)11-6-7-11/h8-9,11-12,14,19H,2-7,16H2,1H3. The summed E-state index contributed by atoms with van der Waals surface area (Å²) in [5.74, 6) is -0.0282. The molecule has 3 N–H and O–H groups in total. The highest BCUT2D eigenvalue weighted by atomic mass is 16.3. The first-order chi connectivity index (χ1) is 9.58. The molecule has 1 heterocycles. The Hall–Kier alpha value is -1.49. The Bertz CT molecular complexity index is 507. The number of aliphatic hydroxyl groups excluding tert-OH is 1. The van der Waals surface area contributed by atoms with Crippen LogP contribution in [0.15, 0.2) is 12.3 Å². The van der Waals surface area contributed by atoms with Gasteiger partial charge in [-0.1, -0.05) is 12.8 Å². The highest BCUT2D eigenvalue weighted by Crippen LogP contribution is 2.37. The fourth-order valence-electron chi connectivity index (χ4n) is 3.20. The van der Waals surface area contributed by atoms with E-state index >= 15 is 0 Å². The van der Waals surface area contributed by atoms with Crippen molar-refractivity contribution >= 4 is 11.6 Å². The number of aliphatic hydroxyl groups is 1. The number of rotatable bonds is 3. The number of anilines is 1. The fraction of sp³-hybridized carbons (Fsp3) is 0.667. The molecule has 2 saturated carbocycles. The number of likely N-dealkylation sites (N-methyl/N-ethyl adjacent to an activating group) is 1. The van der Waals surface area contributed by atoms with E-state index in [-0.39, 0.29) is 11.9 Å². The molecule has 1 aromatic heterocycles. The second-order valence-electron chi connectivity index (χ2n) is 6.13. The quantitative estimate of drug-likeness (QED) is 0.884. The minimum absolute atomic E-state index is 0.0282. The lowest BCUT2D eigenvalue weighted by atomic mass is 9.91. The number of nitrogens with two attached hydrogens (primary N) is 1. The Morgan fingerprint density at radius 1 is 1.35 bits per heavy atom. The molecule has 1 aromatic rings. The molecule has 5 nitrogen and oxygen atoms in total. The Labute approximate surface area is 119 Å². The zero-order valence-corrected chi connectivity index (χ0v) is 12.0. The molecule has 2 aliphatic rings. The molecular weight excluding hydrogens is 254 g/mol. The van der Waals surface area contributed by atoms with E-state index in [0.29, 0.717) is 17.4 Å². The van der Waals surface area contributed by atoms with Crippen LogP contribution in [0.25, 0.3) is 0 Å². The van der Waals surface area contributed by atoms with Crippen LogP contribution in [0.3, 0.4) is 0 Å². The second kappa shape index (κ2) is 5.13. The summed E-state index contributed by atoms with van der Waals surface area (Å²) in [7, 11) is 1.79. The summed E-state index contributed by atoms with van der Waals surface area (Å²) in [6.07, 6.45) is 7.47. The van der Waals surface area contributed by atoms with E-state index in [0.717, 1.165) is 38.5 Å². The van der Waals surface area contributed by atoms with Gasteiger partial charge in [0.25, 0.3) is 5.91 Å². The normalized spacial score (nSPS) is 26.5. The molecule has 0 bridgehead atoms. The van der Waals surface area contributed by atoms with Gasteiger partial charge in [-0.25, -0.2) is 0 Å². The molecular formula is C15H23N3O2. The van der Waals surface area contributed by atoms with Gasteiger partial charge in [0, 0.05) is 19.3 Å². The fourth-order valence-corrected chi connectivity index (χ4v) is 3.20. The predicted octanol–water partition coefficient (Wildman–Crippen LogP) is 1.78. The van der Waals surface area contributed by atoms with Crippen LogP contribution < -0.4 is 5.73 Å². The van der Waals surface area contributed by atoms with Gasteiger partial charge in [-0.05, 0) is 31.7 Å². The van der Waals surface area contributed by atoms with Crippen LogP contribution in [0, 0.1) is 0 Å². The van der Waals surface area contributed by atoms with Gasteiger partial charge in [-0.15, -0.1) is 0 Å². The molecule has 0 saturated heterocycles. The Balaban J connectivity index is 1.80. The molecule has 2 aliphatic carbocycles. The van der Waals surface area contributed by atoms with Crippen molar-refractivity contribution in [3.05, 3.63) is 18.0 Å². The molecule has 0 radical (unpaired) electrons. The zero-order valence-electron chi connectivity index (χ0n) is 12.0. The highest BCUT2D eigenvalue weighted by Gasteiger charge is 2.33. The third-order valence-corrected chi connectivity index (χ3v) is 4.54. The average Bonchev–Trinajstić information content (AvgIpc) is 3.20. The van der Waals surface area contributed by atoms with Gasteiger partial charge in [0.2, 0.25) is 0 Å². The first kappa shape index (κ1) is 13.5. The van der Waals surface area contributed by atoms with E-state index in [1.807, 2.05) is 10.8 Å². The van der Waals surface area contributed by atoms with Crippen molar-refractivity contribution < 1.29 is 9.90 Å². The lowest BCUT2D eigenvalue weighted by molar-refractivity contribution is 0.0261. The smallest absolute Gasteiger partial charge is 0.270 e. The number of nitrogen functional groups attached to an aromatic ring is 1. The van der Waals surface area contributed by atoms with Crippen LogP contribution in [0.4, 0.5) is 5.69 Å². The molecule has 20 heavy (non-hydrogen) atoms. The minimum Gasteiger partial charge on any atom is -0.397 e. The van der Waals surface area contributed by atoms with Crippen LogP contribution in [0.5, 0.6) is 0 Å². The molecule has 0 spiro atoms. The SMILES string of the molecule is CN(C(=O)c1cc(N)cn1C1CC1)C1CCCCC1O. The maximum atomic E-state index is 12.7. The Morgan fingerprint density at radius 3 is 2.70 bits per heavy atom. The summed E-state index contributed by atoms with van der Waals surface area (Å²) in [4.78, 5) is 14.4. The average molecular weight is 277 g/mol. The summed E-state index contributed by atoms with van der Waals surface area (Å²) >= 11 is 0. The number of aromatic nitrogens is 1. The van der Waals surface area contributed by atoms with E-state index in [2.05, 4.69) is 0 Å². The van der Waals surface area contributed by atoms with Gasteiger partial charge < -0.3 is 20.3 Å². The van der Waals surface area contributed by atoms with Crippen molar-refractivity contribution in [3.8, 4) is 0 Å². The lowest BCUT2D eigenvalue weighted by Crippen LogP contribution is -2.46. The van der Waals surface area contributed by atoms with Crippen molar-refractivity contribution in [2.75, 3.05) is 12.8 Å². The third-order valence-electron chi connectivity index (χ3n) is 4.54. The largest absolute Gasteiger partial charge is 0.397 e. The van der Waals surface area contributed by atoms with Crippen LogP contribution >= 0.6 is 0 Å². The molecule has 5 heteroatoms. The molecule has 2 atom stereocenters. The lowest BCUT2D eigenvalue weighted by Gasteiger charge is -2.35. The van der Waals surface area contributed by atoms with E-state index in [4.69, 9.17) is 5.73 Å². The van der Waals surface area contributed by atoms with Gasteiger partial charge in [0.1, 0.15) is 5.69 Å². The topological polar surface area (TPSA) is 71.5 Å². The summed E-state index contributed by atoms with van der Waals surface area (Å²) in [5.41, 5.74) is 7.14. The summed E-state index contributed by atoms with van der Waals surface area (Å²) in [6, 6.07) is 2.11. The highest BCUT2D eigenvalue weighted by molar-refractivity contribution is 5.94. The van der Waals surface area contributed by atoms with Crippen molar-refractivity contribution in [2.24, 2.45) is 0 Å². The number of hydrogen-bond acceptors (Lipinski definition) is 3. The van der Waals surface area contributed by atoms with Crippen molar-refractivity contribution in [3.63, 3.8) is 0 Å². The number of amides is 1. The number of nitrogens with zero attached hydrogens (tertiary/aromatic N) is 2. The van der Waals surface area contributed by atoms with Crippen molar-refractivity contribution in [1.82, 2.24) is 9.47 Å². The number of carbonyl (C=O) groups is 1. The van der Waals surface area contributed by atoms with Gasteiger partial charge in [0.05, 0.1) is 17.8 Å². The third kappa shape index (κ3) is 2.42. The molecule has 1 amide bonds. The van der Waals surface area contributed by atoms with E-state index < -0.39 is 6.10 Å². The first-order valence-corrected chi connectivity index (χ1v) is 7.50. The summed E-state index contributed by atoms with van der Waals surface area (Å²) in [5, 5.41) is 10.1. The number of hydrogen-bond donors (Lipinski definition) is 2. The maximum Gasteiger partial charge on any atom is 0.270 e. The maximum absolute atomic E-state index is 12.7. The molecule has 0 aliphatic heterocycles. The molecule has 2 unspecified atom stereocenters.